The lowest BCUT2D eigenvalue weighted by atomic mass is 9.63. The van der Waals surface area contributed by atoms with Gasteiger partial charge in [-0.1, -0.05) is 27.7 Å². The zero-order valence-electron chi connectivity index (χ0n) is 13.9. The van der Waals surface area contributed by atoms with E-state index in [2.05, 4.69) is 38.1 Å². The number of nitrogens with one attached hydrogen (secondary N) is 1. The number of aryl methyl sites for hydroxylation is 2. The van der Waals surface area contributed by atoms with Crippen LogP contribution in [-0.2, 0) is 7.05 Å². The smallest absolute Gasteiger partial charge is 0.333 e. The molecule has 0 unspecified atom stereocenters. The molecule has 21 heavy (non-hydrogen) atoms. The van der Waals surface area contributed by atoms with Gasteiger partial charge in [-0.15, -0.1) is 0 Å². The topological polar surface area (TPSA) is 73.0 Å². The number of hydrogen-bond acceptors (Lipinski definition) is 4. The maximum atomic E-state index is 11.3. The summed E-state index contributed by atoms with van der Waals surface area (Å²) in [5.41, 5.74) is 1.03. The van der Waals surface area contributed by atoms with Crippen molar-refractivity contribution in [3.63, 3.8) is 0 Å². The Kier molecular flexibility index (Phi) is 3.76. The molecule has 0 radical (unpaired) electrons. The molecule has 0 bridgehead atoms. The molecule has 0 spiro atoms. The van der Waals surface area contributed by atoms with Crippen LogP contribution in [0.3, 0.4) is 0 Å². The Bertz CT molecular complexity index is 544. The number of aromatic nitrogens is 2. The van der Waals surface area contributed by atoms with Crippen LogP contribution >= 0.6 is 0 Å². The van der Waals surface area contributed by atoms with E-state index in [9.17, 15) is 10.1 Å². The fourth-order valence-electron chi connectivity index (χ4n) is 4.17. The van der Waals surface area contributed by atoms with E-state index in [1.165, 1.54) is 6.42 Å². The summed E-state index contributed by atoms with van der Waals surface area (Å²) >= 11 is 0. The van der Waals surface area contributed by atoms with Gasteiger partial charge in [-0.05, 0) is 37.0 Å². The van der Waals surface area contributed by atoms with Crippen molar-refractivity contribution in [1.29, 1.82) is 0 Å². The van der Waals surface area contributed by atoms with Gasteiger partial charge in [-0.2, -0.15) is 5.10 Å². The third-order valence-corrected chi connectivity index (χ3v) is 4.27. The van der Waals surface area contributed by atoms with E-state index < -0.39 is 0 Å². The molecular weight excluding hydrogens is 268 g/mol. The molecule has 0 aliphatic heterocycles. The Hall–Kier alpha value is -1.59. The Morgan fingerprint density at radius 2 is 1.81 bits per heavy atom. The molecule has 0 amide bonds. The molecule has 1 saturated carbocycles. The van der Waals surface area contributed by atoms with Gasteiger partial charge in [0.05, 0.1) is 4.92 Å². The molecule has 0 aromatic carbocycles. The van der Waals surface area contributed by atoms with Gasteiger partial charge in [0.15, 0.2) is 0 Å². The summed E-state index contributed by atoms with van der Waals surface area (Å²) in [5.74, 6) is 0.524. The summed E-state index contributed by atoms with van der Waals surface area (Å²) in [5, 5.41) is 18.8. The maximum Gasteiger partial charge on any atom is 0.333 e. The van der Waals surface area contributed by atoms with Gasteiger partial charge in [-0.3, -0.25) is 10.1 Å². The van der Waals surface area contributed by atoms with Gasteiger partial charge in [0, 0.05) is 13.1 Å². The van der Waals surface area contributed by atoms with Crippen molar-refractivity contribution in [2.24, 2.45) is 17.9 Å². The molecular formula is C15H26N4O2. The minimum Gasteiger partial charge on any atom is -0.362 e. The third-order valence-electron chi connectivity index (χ3n) is 4.27. The molecule has 1 aromatic rings. The number of nitro groups is 1. The number of nitrogens with zero attached hydrogens (tertiary/aromatic N) is 3. The third kappa shape index (κ3) is 3.36. The lowest BCUT2D eigenvalue weighted by Gasteiger charge is -2.45. The SMILES string of the molecule is Cc1nn(C)c(NC2CC(C)(C)CC(C)(C)C2)c1[N+](=O)[O-]. The molecule has 1 aliphatic rings. The average molecular weight is 294 g/mol. The van der Waals surface area contributed by atoms with E-state index in [1.54, 1.807) is 18.7 Å². The zero-order valence-corrected chi connectivity index (χ0v) is 13.9. The van der Waals surface area contributed by atoms with E-state index in [-0.39, 0.29) is 27.5 Å². The lowest BCUT2D eigenvalue weighted by molar-refractivity contribution is -0.384. The summed E-state index contributed by atoms with van der Waals surface area (Å²) in [6.07, 6.45) is 3.19. The molecule has 0 saturated heterocycles. The largest absolute Gasteiger partial charge is 0.362 e. The second-order valence-electron chi connectivity index (χ2n) is 7.92. The molecule has 0 atom stereocenters. The Morgan fingerprint density at radius 3 is 2.29 bits per heavy atom. The van der Waals surface area contributed by atoms with Crippen LogP contribution in [0.15, 0.2) is 0 Å². The number of hydrogen-bond donors (Lipinski definition) is 1. The van der Waals surface area contributed by atoms with Crippen molar-refractivity contribution in [3.05, 3.63) is 15.8 Å². The van der Waals surface area contributed by atoms with Gasteiger partial charge in [0.25, 0.3) is 0 Å². The molecule has 118 valence electrons. The van der Waals surface area contributed by atoms with Gasteiger partial charge >= 0.3 is 5.69 Å². The minimum absolute atomic E-state index is 0.0960. The van der Waals surface area contributed by atoms with Crippen LogP contribution in [-0.4, -0.2) is 20.7 Å². The first-order chi connectivity index (χ1) is 9.51. The standard InChI is InChI=1S/C15H26N4O2/c1-10-12(19(20)21)13(18(6)17-10)16-11-7-14(2,3)9-15(4,5)8-11/h11,16H,7-9H2,1-6H3. The molecule has 1 aliphatic carbocycles. The van der Waals surface area contributed by atoms with Gasteiger partial charge < -0.3 is 5.32 Å². The van der Waals surface area contributed by atoms with E-state index in [4.69, 9.17) is 0 Å². The molecule has 1 heterocycles. The summed E-state index contributed by atoms with van der Waals surface area (Å²) in [4.78, 5) is 10.9. The second kappa shape index (κ2) is 5.00. The van der Waals surface area contributed by atoms with Crippen molar-refractivity contribution in [2.45, 2.75) is 59.9 Å². The van der Waals surface area contributed by atoms with Crippen molar-refractivity contribution < 1.29 is 4.92 Å². The van der Waals surface area contributed by atoms with E-state index in [0.717, 1.165) is 12.8 Å². The van der Waals surface area contributed by atoms with Crippen LogP contribution in [0.1, 0.15) is 52.7 Å². The predicted octanol–water partition coefficient (Wildman–Crippen LogP) is 3.65. The van der Waals surface area contributed by atoms with Gasteiger partial charge in [-0.25, -0.2) is 4.68 Å². The molecule has 1 fully saturated rings. The molecule has 1 N–H and O–H groups in total. The van der Waals surface area contributed by atoms with Gasteiger partial charge in [0.2, 0.25) is 5.82 Å². The molecule has 6 nitrogen and oxygen atoms in total. The van der Waals surface area contributed by atoms with Crippen LogP contribution in [0.2, 0.25) is 0 Å². The lowest BCUT2D eigenvalue weighted by Crippen LogP contribution is -2.40. The maximum absolute atomic E-state index is 11.3. The quantitative estimate of drug-likeness (QED) is 0.682. The van der Waals surface area contributed by atoms with E-state index in [1.807, 2.05) is 0 Å². The highest BCUT2D eigenvalue weighted by Crippen LogP contribution is 2.46. The summed E-state index contributed by atoms with van der Waals surface area (Å²) in [7, 11) is 1.75. The molecule has 2 rings (SSSR count). The Morgan fingerprint density at radius 1 is 1.29 bits per heavy atom. The van der Waals surface area contributed by atoms with Crippen LogP contribution in [0.5, 0.6) is 0 Å². The molecule has 6 heteroatoms. The van der Waals surface area contributed by atoms with Crippen LogP contribution in [0.4, 0.5) is 11.5 Å². The Balaban J connectivity index is 2.28. The highest BCUT2D eigenvalue weighted by atomic mass is 16.6. The monoisotopic (exact) mass is 294 g/mol. The predicted molar refractivity (Wildman–Crippen MR) is 83.4 cm³/mol. The van der Waals surface area contributed by atoms with E-state index in [0.29, 0.717) is 11.5 Å². The number of anilines is 1. The second-order valence-corrected chi connectivity index (χ2v) is 7.92. The summed E-state index contributed by atoms with van der Waals surface area (Å²) in [6.45, 7) is 10.8. The summed E-state index contributed by atoms with van der Waals surface area (Å²) in [6, 6.07) is 0.234. The van der Waals surface area contributed by atoms with Crippen molar-refractivity contribution in [2.75, 3.05) is 5.32 Å². The highest BCUT2D eigenvalue weighted by Gasteiger charge is 2.39. The average Bonchev–Trinajstić information content (AvgIpc) is 2.48. The first kappa shape index (κ1) is 15.8. The summed E-state index contributed by atoms with van der Waals surface area (Å²) < 4.78 is 1.59. The fraction of sp³-hybridized carbons (Fsp3) is 0.800. The van der Waals surface area contributed by atoms with Crippen molar-refractivity contribution >= 4 is 11.5 Å². The Labute approximate surface area is 126 Å². The van der Waals surface area contributed by atoms with Crippen molar-refractivity contribution in [3.8, 4) is 0 Å². The van der Waals surface area contributed by atoms with Gasteiger partial charge in [0.1, 0.15) is 5.69 Å². The van der Waals surface area contributed by atoms with Crippen LogP contribution in [0, 0.1) is 27.9 Å². The minimum atomic E-state index is -0.343. The first-order valence-electron chi connectivity index (χ1n) is 7.45. The zero-order chi connectivity index (χ0) is 16.0. The highest BCUT2D eigenvalue weighted by molar-refractivity contribution is 5.60. The van der Waals surface area contributed by atoms with E-state index >= 15 is 0 Å². The fourth-order valence-corrected chi connectivity index (χ4v) is 4.17. The first-order valence-corrected chi connectivity index (χ1v) is 7.45. The number of rotatable bonds is 3. The normalized spacial score (nSPS) is 21.2. The molecule has 1 aromatic heterocycles. The van der Waals surface area contributed by atoms with Crippen LogP contribution in [0.25, 0.3) is 0 Å². The van der Waals surface area contributed by atoms with Crippen molar-refractivity contribution in [1.82, 2.24) is 9.78 Å². The van der Waals surface area contributed by atoms with Crippen LogP contribution < -0.4 is 5.32 Å².